The molecule has 1 saturated heterocycles. The van der Waals surface area contributed by atoms with Crippen molar-refractivity contribution in [3.63, 3.8) is 0 Å². The van der Waals surface area contributed by atoms with E-state index in [1.807, 2.05) is 4.90 Å². The Labute approximate surface area is 115 Å². The summed E-state index contributed by atoms with van der Waals surface area (Å²) in [5.74, 6) is 0.405. The topological polar surface area (TPSA) is 77.2 Å². The van der Waals surface area contributed by atoms with Crippen LogP contribution >= 0.6 is 0 Å². The van der Waals surface area contributed by atoms with E-state index < -0.39 is 0 Å². The van der Waals surface area contributed by atoms with Gasteiger partial charge in [-0.15, -0.1) is 0 Å². The third-order valence-corrected chi connectivity index (χ3v) is 3.05. The molecule has 0 saturated carbocycles. The summed E-state index contributed by atoms with van der Waals surface area (Å²) in [6.07, 6.45) is 0. The van der Waals surface area contributed by atoms with Gasteiger partial charge in [-0.2, -0.15) is 15.0 Å². The maximum atomic E-state index is 13.8. The minimum absolute atomic E-state index is 0.0831. The van der Waals surface area contributed by atoms with Crippen LogP contribution in [-0.4, -0.2) is 41.3 Å². The lowest BCUT2D eigenvalue weighted by atomic mass is 10.2. The van der Waals surface area contributed by atoms with Crippen molar-refractivity contribution in [2.45, 2.75) is 0 Å². The second-order valence-electron chi connectivity index (χ2n) is 4.40. The normalized spacial score (nSPS) is 15.3. The minimum atomic E-state index is -0.383. The molecule has 2 heterocycles. The van der Waals surface area contributed by atoms with Crippen molar-refractivity contribution in [1.29, 1.82) is 0 Å². The average Bonchev–Trinajstić information content (AvgIpc) is 2.48. The van der Waals surface area contributed by atoms with Crippen molar-refractivity contribution in [1.82, 2.24) is 15.0 Å². The van der Waals surface area contributed by atoms with Crippen LogP contribution in [0.25, 0.3) is 11.4 Å². The summed E-state index contributed by atoms with van der Waals surface area (Å²) in [6, 6.07) is 6.33. The van der Waals surface area contributed by atoms with Gasteiger partial charge >= 0.3 is 0 Å². The van der Waals surface area contributed by atoms with Crippen LogP contribution in [0.2, 0.25) is 0 Å². The zero-order chi connectivity index (χ0) is 13.9. The molecule has 6 nitrogen and oxygen atoms in total. The van der Waals surface area contributed by atoms with Gasteiger partial charge in [-0.05, 0) is 12.1 Å². The number of ether oxygens (including phenoxy) is 1. The second kappa shape index (κ2) is 5.38. The quantitative estimate of drug-likeness (QED) is 0.884. The van der Waals surface area contributed by atoms with Crippen LogP contribution in [0.3, 0.4) is 0 Å². The third-order valence-electron chi connectivity index (χ3n) is 3.05. The first-order chi connectivity index (χ1) is 9.74. The Balaban J connectivity index is 2.00. The van der Waals surface area contributed by atoms with Gasteiger partial charge in [0.25, 0.3) is 0 Å². The smallest absolute Gasteiger partial charge is 0.230 e. The van der Waals surface area contributed by atoms with Crippen LogP contribution in [0.5, 0.6) is 0 Å². The molecule has 7 heteroatoms. The van der Waals surface area contributed by atoms with E-state index in [1.165, 1.54) is 6.07 Å². The summed E-state index contributed by atoms with van der Waals surface area (Å²) in [4.78, 5) is 14.4. The number of rotatable bonds is 2. The first-order valence-corrected chi connectivity index (χ1v) is 6.33. The lowest BCUT2D eigenvalue weighted by molar-refractivity contribution is 0.122. The summed E-state index contributed by atoms with van der Waals surface area (Å²) in [5.41, 5.74) is 6.03. The minimum Gasteiger partial charge on any atom is -0.378 e. The molecular weight excluding hydrogens is 261 g/mol. The van der Waals surface area contributed by atoms with Gasteiger partial charge in [0.15, 0.2) is 5.82 Å². The van der Waals surface area contributed by atoms with E-state index in [-0.39, 0.29) is 17.6 Å². The lowest BCUT2D eigenvalue weighted by Crippen LogP contribution is -2.37. The molecule has 3 rings (SSSR count). The Morgan fingerprint density at radius 1 is 1.10 bits per heavy atom. The predicted molar refractivity (Wildman–Crippen MR) is 72.7 cm³/mol. The number of benzene rings is 1. The second-order valence-corrected chi connectivity index (χ2v) is 4.40. The zero-order valence-electron chi connectivity index (χ0n) is 10.8. The molecule has 20 heavy (non-hydrogen) atoms. The molecule has 1 aliphatic rings. The maximum absolute atomic E-state index is 13.8. The number of halogens is 1. The van der Waals surface area contributed by atoms with E-state index in [2.05, 4.69) is 15.0 Å². The molecule has 1 fully saturated rings. The van der Waals surface area contributed by atoms with E-state index in [9.17, 15) is 4.39 Å². The SMILES string of the molecule is Nc1nc(-c2ccccc2F)nc(N2CCOCC2)n1. The van der Waals surface area contributed by atoms with Crippen LogP contribution in [-0.2, 0) is 4.74 Å². The summed E-state index contributed by atoms with van der Waals surface area (Å²) in [5, 5.41) is 0. The summed E-state index contributed by atoms with van der Waals surface area (Å²) < 4.78 is 19.1. The summed E-state index contributed by atoms with van der Waals surface area (Å²) in [6.45, 7) is 2.58. The van der Waals surface area contributed by atoms with Gasteiger partial charge in [0.1, 0.15) is 5.82 Å². The monoisotopic (exact) mass is 275 g/mol. The van der Waals surface area contributed by atoms with Gasteiger partial charge < -0.3 is 15.4 Å². The molecule has 0 atom stereocenters. The Kier molecular flexibility index (Phi) is 3.42. The fourth-order valence-corrected chi connectivity index (χ4v) is 2.05. The van der Waals surface area contributed by atoms with Crippen molar-refractivity contribution in [2.75, 3.05) is 36.9 Å². The molecule has 0 spiro atoms. The van der Waals surface area contributed by atoms with Crippen LogP contribution in [0.15, 0.2) is 24.3 Å². The van der Waals surface area contributed by atoms with E-state index in [0.717, 1.165) is 0 Å². The molecule has 0 unspecified atom stereocenters. The average molecular weight is 275 g/mol. The molecule has 0 aliphatic carbocycles. The number of nitrogens with zero attached hydrogens (tertiary/aromatic N) is 4. The molecule has 2 aromatic rings. The molecule has 0 amide bonds. The van der Waals surface area contributed by atoms with Gasteiger partial charge in [-0.1, -0.05) is 12.1 Å². The molecule has 2 N–H and O–H groups in total. The number of nitrogen functional groups attached to an aromatic ring is 1. The van der Waals surface area contributed by atoms with E-state index in [0.29, 0.717) is 37.8 Å². The van der Waals surface area contributed by atoms with Gasteiger partial charge in [0.2, 0.25) is 11.9 Å². The Bertz CT molecular complexity index is 615. The van der Waals surface area contributed by atoms with Gasteiger partial charge in [0, 0.05) is 13.1 Å². The number of morpholine rings is 1. The first kappa shape index (κ1) is 12.7. The highest BCUT2D eigenvalue weighted by Crippen LogP contribution is 2.21. The molecule has 0 bridgehead atoms. The van der Waals surface area contributed by atoms with Gasteiger partial charge in [-0.3, -0.25) is 0 Å². The van der Waals surface area contributed by atoms with Crippen molar-refractivity contribution in [3.8, 4) is 11.4 Å². The van der Waals surface area contributed by atoms with Crippen LogP contribution in [0, 0.1) is 5.82 Å². The fourth-order valence-electron chi connectivity index (χ4n) is 2.05. The Hall–Kier alpha value is -2.28. The molecule has 0 radical (unpaired) electrons. The lowest BCUT2D eigenvalue weighted by Gasteiger charge is -2.26. The van der Waals surface area contributed by atoms with Crippen molar-refractivity contribution >= 4 is 11.9 Å². The van der Waals surface area contributed by atoms with Gasteiger partial charge in [-0.25, -0.2) is 4.39 Å². The van der Waals surface area contributed by atoms with Crippen LogP contribution in [0.4, 0.5) is 16.3 Å². The number of hydrogen-bond donors (Lipinski definition) is 1. The van der Waals surface area contributed by atoms with Gasteiger partial charge in [0.05, 0.1) is 18.8 Å². The van der Waals surface area contributed by atoms with Crippen LogP contribution < -0.4 is 10.6 Å². The number of nitrogens with two attached hydrogens (primary N) is 1. The van der Waals surface area contributed by atoms with E-state index >= 15 is 0 Å². The standard InChI is InChI=1S/C13H14FN5O/c14-10-4-2-1-3-9(10)11-16-12(15)18-13(17-11)19-5-7-20-8-6-19/h1-4H,5-8H2,(H2,15,16,17,18). The van der Waals surface area contributed by atoms with Crippen molar-refractivity contribution < 1.29 is 9.13 Å². The highest BCUT2D eigenvalue weighted by atomic mass is 19.1. The Morgan fingerprint density at radius 3 is 2.60 bits per heavy atom. The number of anilines is 2. The first-order valence-electron chi connectivity index (χ1n) is 6.33. The molecule has 1 aliphatic heterocycles. The number of aromatic nitrogens is 3. The molecule has 1 aromatic heterocycles. The Morgan fingerprint density at radius 2 is 1.85 bits per heavy atom. The van der Waals surface area contributed by atoms with Crippen LogP contribution in [0.1, 0.15) is 0 Å². The maximum Gasteiger partial charge on any atom is 0.230 e. The zero-order valence-corrected chi connectivity index (χ0v) is 10.8. The van der Waals surface area contributed by atoms with Crippen molar-refractivity contribution in [3.05, 3.63) is 30.1 Å². The number of hydrogen-bond acceptors (Lipinski definition) is 6. The predicted octanol–water partition coefficient (Wildman–Crippen LogP) is 1.10. The molecule has 1 aromatic carbocycles. The highest BCUT2D eigenvalue weighted by Gasteiger charge is 2.17. The largest absolute Gasteiger partial charge is 0.378 e. The summed E-state index contributed by atoms with van der Waals surface area (Å²) in [7, 11) is 0. The highest BCUT2D eigenvalue weighted by molar-refractivity contribution is 5.58. The van der Waals surface area contributed by atoms with E-state index in [4.69, 9.17) is 10.5 Å². The molecule has 104 valence electrons. The van der Waals surface area contributed by atoms with E-state index in [1.54, 1.807) is 18.2 Å². The third kappa shape index (κ3) is 2.53. The fraction of sp³-hybridized carbons (Fsp3) is 0.308. The van der Waals surface area contributed by atoms with Crippen molar-refractivity contribution in [2.24, 2.45) is 0 Å². The molecular formula is C13H14FN5O. The summed E-state index contributed by atoms with van der Waals surface area (Å²) >= 11 is 0.